The second kappa shape index (κ2) is 3.38. The summed E-state index contributed by atoms with van der Waals surface area (Å²) in [5.41, 5.74) is 0. The summed E-state index contributed by atoms with van der Waals surface area (Å²) in [6, 6.07) is 0. The molecular formula is C10H18S. The van der Waals surface area contributed by atoms with Crippen molar-refractivity contribution in [1.29, 1.82) is 0 Å². The third kappa shape index (κ3) is 1.74. The van der Waals surface area contributed by atoms with Gasteiger partial charge >= 0.3 is 0 Å². The van der Waals surface area contributed by atoms with E-state index in [-0.39, 0.29) is 0 Å². The van der Waals surface area contributed by atoms with E-state index < -0.39 is 0 Å². The van der Waals surface area contributed by atoms with Crippen LogP contribution in [0.25, 0.3) is 0 Å². The van der Waals surface area contributed by atoms with Gasteiger partial charge in [-0.05, 0) is 31.6 Å². The number of thioether (sulfide) groups is 1. The van der Waals surface area contributed by atoms with Crippen LogP contribution >= 0.6 is 11.8 Å². The molecule has 0 amide bonds. The summed E-state index contributed by atoms with van der Waals surface area (Å²) in [6.45, 7) is 2.40. The first-order valence-corrected chi connectivity index (χ1v) is 5.96. The van der Waals surface area contributed by atoms with Crippen LogP contribution < -0.4 is 0 Å². The Kier molecular flexibility index (Phi) is 2.45. The van der Waals surface area contributed by atoms with Gasteiger partial charge in [0.2, 0.25) is 0 Å². The molecule has 11 heavy (non-hydrogen) atoms. The first-order valence-electron chi connectivity index (χ1n) is 5.02. The van der Waals surface area contributed by atoms with Crippen LogP contribution in [0.2, 0.25) is 0 Å². The van der Waals surface area contributed by atoms with Crippen molar-refractivity contribution in [3.63, 3.8) is 0 Å². The van der Waals surface area contributed by atoms with Crippen molar-refractivity contribution in [3.05, 3.63) is 0 Å². The third-order valence-corrected chi connectivity index (χ3v) is 4.86. The fourth-order valence-electron chi connectivity index (χ4n) is 2.50. The molecule has 0 bridgehead atoms. The maximum Gasteiger partial charge on any atom is 0.00780 e. The summed E-state index contributed by atoms with van der Waals surface area (Å²) in [6.07, 6.45) is 9.06. The van der Waals surface area contributed by atoms with Crippen molar-refractivity contribution in [1.82, 2.24) is 0 Å². The van der Waals surface area contributed by atoms with Crippen molar-refractivity contribution in [2.45, 2.75) is 55.9 Å². The Bertz CT molecular complexity index is 133. The summed E-state index contributed by atoms with van der Waals surface area (Å²) >= 11 is 2.27. The van der Waals surface area contributed by atoms with E-state index in [4.69, 9.17) is 0 Å². The molecule has 1 heterocycles. The number of hydrogen-bond donors (Lipinski definition) is 0. The van der Waals surface area contributed by atoms with Crippen molar-refractivity contribution < 1.29 is 0 Å². The highest BCUT2D eigenvalue weighted by molar-refractivity contribution is 8.00. The molecule has 1 aliphatic carbocycles. The summed E-state index contributed by atoms with van der Waals surface area (Å²) < 4.78 is 0. The van der Waals surface area contributed by atoms with Crippen LogP contribution in [0.15, 0.2) is 0 Å². The predicted octanol–water partition coefficient (Wildman–Crippen LogP) is 3.46. The summed E-state index contributed by atoms with van der Waals surface area (Å²) in [5, 5.41) is 2.00. The van der Waals surface area contributed by atoms with Crippen LogP contribution in [-0.2, 0) is 0 Å². The van der Waals surface area contributed by atoms with Crippen molar-refractivity contribution in [2.75, 3.05) is 0 Å². The number of fused-ring (bicyclic) bond motifs is 1. The van der Waals surface area contributed by atoms with E-state index in [2.05, 4.69) is 18.7 Å². The minimum absolute atomic E-state index is 0.953. The molecule has 1 saturated carbocycles. The molecule has 64 valence electrons. The minimum Gasteiger partial charge on any atom is -0.155 e. The van der Waals surface area contributed by atoms with E-state index in [1.807, 2.05) is 0 Å². The van der Waals surface area contributed by atoms with Gasteiger partial charge in [0.1, 0.15) is 0 Å². The molecule has 1 saturated heterocycles. The Hall–Kier alpha value is 0.350. The largest absolute Gasteiger partial charge is 0.155 e. The molecule has 1 heteroatoms. The van der Waals surface area contributed by atoms with Gasteiger partial charge in [0, 0.05) is 10.5 Å². The van der Waals surface area contributed by atoms with E-state index in [0.29, 0.717) is 0 Å². The van der Waals surface area contributed by atoms with Crippen LogP contribution in [0.1, 0.15) is 45.4 Å². The van der Waals surface area contributed by atoms with E-state index in [0.717, 1.165) is 16.4 Å². The molecule has 0 aromatic carbocycles. The van der Waals surface area contributed by atoms with Crippen molar-refractivity contribution in [2.24, 2.45) is 5.92 Å². The molecule has 0 unspecified atom stereocenters. The number of rotatable bonds is 0. The van der Waals surface area contributed by atoms with Crippen molar-refractivity contribution in [3.8, 4) is 0 Å². The summed E-state index contributed by atoms with van der Waals surface area (Å²) in [4.78, 5) is 0. The standard InChI is InChI=1S/C10H18S/c1-8-6-7-9-4-2-3-5-10(9)11-8/h8-10H,2-7H2,1H3/t8-,9-,10+/m1/s1. The fraction of sp³-hybridized carbons (Fsp3) is 1.00. The van der Waals surface area contributed by atoms with Gasteiger partial charge in [0.15, 0.2) is 0 Å². The average molecular weight is 170 g/mol. The second-order valence-corrected chi connectivity index (χ2v) is 5.79. The zero-order valence-electron chi connectivity index (χ0n) is 7.38. The first-order chi connectivity index (χ1) is 5.36. The first kappa shape index (κ1) is 7.97. The highest BCUT2D eigenvalue weighted by atomic mass is 32.2. The lowest BCUT2D eigenvalue weighted by atomic mass is 9.85. The van der Waals surface area contributed by atoms with E-state index in [1.165, 1.54) is 38.5 Å². The Morgan fingerprint density at radius 1 is 1.00 bits per heavy atom. The maximum absolute atomic E-state index is 2.40. The molecule has 1 aliphatic heterocycles. The molecule has 2 aliphatic rings. The molecule has 3 atom stereocenters. The fourth-order valence-corrected chi connectivity index (χ4v) is 4.16. The van der Waals surface area contributed by atoms with Crippen LogP contribution in [-0.4, -0.2) is 10.5 Å². The zero-order chi connectivity index (χ0) is 7.68. The third-order valence-electron chi connectivity index (χ3n) is 3.19. The van der Waals surface area contributed by atoms with Crippen LogP contribution in [0.3, 0.4) is 0 Å². The minimum atomic E-state index is 0.953. The summed E-state index contributed by atoms with van der Waals surface area (Å²) in [5.74, 6) is 1.10. The highest BCUT2D eigenvalue weighted by Gasteiger charge is 2.30. The highest BCUT2D eigenvalue weighted by Crippen LogP contribution is 2.43. The monoisotopic (exact) mass is 170 g/mol. The molecule has 2 fully saturated rings. The average Bonchev–Trinajstić information content (AvgIpc) is 2.04. The normalized spacial score (nSPS) is 45.0. The van der Waals surface area contributed by atoms with Crippen LogP contribution in [0, 0.1) is 5.92 Å². The van der Waals surface area contributed by atoms with Gasteiger partial charge < -0.3 is 0 Å². The molecule has 0 aromatic heterocycles. The lowest BCUT2D eigenvalue weighted by Crippen LogP contribution is -2.28. The van der Waals surface area contributed by atoms with Crippen molar-refractivity contribution >= 4 is 11.8 Å². The van der Waals surface area contributed by atoms with Gasteiger partial charge in [0.05, 0.1) is 0 Å². The van der Waals surface area contributed by atoms with Gasteiger partial charge in [-0.1, -0.05) is 19.8 Å². The topological polar surface area (TPSA) is 0 Å². The second-order valence-electron chi connectivity index (χ2n) is 4.11. The van der Waals surface area contributed by atoms with E-state index >= 15 is 0 Å². The van der Waals surface area contributed by atoms with Crippen LogP contribution in [0.5, 0.6) is 0 Å². The lowest BCUT2D eigenvalue weighted by molar-refractivity contribution is 0.331. The predicted molar refractivity (Wildman–Crippen MR) is 52.0 cm³/mol. The lowest BCUT2D eigenvalue weighted by Gasteiger charge is -2.37. The Labute approximate surface area is 74.1 Å². The van der Waals surface area contributed by atoms with Gasteiger partial charge in [-0.2, -0.15) is 11.8 Å². The molecule has 0 aromatic rings. The van der Waals surface area contributed by atoms with E-state index in [9.17, 15) is 0 Å². The smallest absolute Gasteiger partial charge is 0.00780 e. The van der Waals surface area contributed by atoms with Gasteiger partial charge in [0.25, 0.3) is 0 Å². The van der Waals surface area contributed by atoms with Crippen LogP contribution in [0.4, 0.5) is 0 Å². The molecular weight excluding hydrogens is 152 g/mol. The maximum atomic E-state index is 2.40. The summed E-state index contributed by atoms with van der Waals surface area (Å²) in [7, 11) is 0. The molecule has 0 radical (unpaired) electrons. The number of hydrogen-bond acceptors (Lipinski definition) is 1. The molecule has 0 spiro atoms. The Morgan fingerprint density at radius 3 is 2.73 bits per heavy atom. The van der Waals surface area contributed by atoms with Gasteiger partial charge in [-0.15, -0.1) is 0 Å². The van der Waals surface area contributed by atoms with Gasteiger partial charge in [-0.25, -0.2) is 0 Å². The molecule has 0 N–H and O–H groups in total. The van der Waals surface area contributed by atoms with E-state index in [1.54, 1.807) is 0 Å². The molecule has 0 nitrogen and oxygen atoms in total. The van der Waals surface area contributed by atoms with Gasteiger partial charge in [-0.3, -0.25) is 0 Å². The Morgan fingerprint density at radius 2 is 1.82 bits per heavy atom. The quantitative estimate of drug-likeness (QED) is 0.536. The zero-order valence-corrected chi connectivity index (χ0v) is 8.20. The Balaban J connectivity index is 1.93. The SMILES string of the molecule is C[C@@H]1CC[C@H]2CCCC[C@@H]2S1. The molecule has 2 rings (SSSR count).